The van der Waals surface area contributed by atoms with E-state index in [1.807, 2.05) is 24.1 Å². The van der Waals surface area contributed by atoms with Gasteiger partial charge in [-0.05, 0) is 56.0 Å². The second-order valence-corrected chi connectivity index (χ2v) is 7.24. The molecule has 0 bridgehead atoms. The average molecular weight is 348 g/mol. The van der Waals surface area contributed by atoms with Crippen molar-refractivity contribution >= 4 is 5.91 Å². The largest absolute Gasteiger partial charge is 0.493 e. The van der Waals surface area contributed by atoms with Gasteiger partial charge in [0, 0.05) is 12.6 Å². The zero-order chi connectivity index (χ0) is 18.4. The van der Waals surface area contributed by atoms with Crippen molar-refractivity contribution in [3.8, 4) is 11.5 Å². The molecule has 0 saturated heterocycles. The van der Waals surface area contributed by atoms with Crippen LogP contribution in [0.2, 0.25) is 0 Å². The number of nitrogens with one attached hydrogen (secondary N) is 1. The van der Waals surface area contributed by atoms with Gasteiger partial charge in [0.1, 0.15) is 0 Å². The third-order valence-corrected chi connectivity index (χ3v) is 5.15. The predicted molar refractivity (Wildman–Crippen MR) is 100 cm³/mol. The molecule has 140 valence electrons. The second-order valence-electron chi connectivity index (χ2n) is 7.24. The number of ether oxygens (including phenoxy) is 2. The van der Waals surface area contributed by atoms with Gasteiger partial charge in [-0.1, -0.05) is 19.8 Å². The molecule has 2 rings (SSSR count). The standard InChI is InChI=1S/C20H32N2O3/c1-14-8-6-7-9-17(14)21-20(23)13-22(3)12-16-11-19(25-5)18(24-4)10-15(16)2/h10-11,14,17H,6-9,12-13H2,1-5H3,(H,21,23)/t14-,17+/m0/s1. The monoisotopic (exact) mass is 348 g/mol. The molecule has 25 heavy (non-hydrogen) atoms. The van der Waals surface area contributed by atoms with Crippen molar-refractivity contribution in [2.75, 3.05) is 27.8 Å². The molecule has 1 aromatic carbocycles. The highest BCUT2D eigenvalue weighted by Gasteiger charge is 2.23. The Morgan fingerprint density at radius 3 is 2.48 bits per heavy atom. The Morgan fingerprint density at radius 2 is 1.84 bits per heavy atom. The molecule has 2 atom stereocenters. The zero-order valence-corrected chi connectivity index (χ0v) is 16.2. The molecule has 0 unspecified atom stereocenters. The van der Waals surface area contributed by atoms with Gasteiger partial charge in [-0.15, -0.1) is 0 Å². The molecule has 5 heteroatoms. The molecule has 0 heterocycles. The fourth-order valence-corrected chi connectivity index (χ4v) is 3.57. The quantitative estimate of drug-likeness (QED) is 0.822. The van der Waals surface area contributed by atoms with Crippen LogP contribution in [0.15, 0.2) is 12.1 Å². The van der Waals surface area contributed by atoms with Crippen molar-refractivity contribution in [1.29, 1.82) is 0 Å². The van der Waals surface area contributed by atoms with Gasteiger partial charge in [0.05, 0.1) is 20.8 Å². The van der Waals surface area contributed by atoms with Crippen LogP contribution in [-0.2, 0) is 11.3 Å². The maximum atomic E-state index is 12.4. The number of carbonyl (C=O) groups excluding carboxylic acids is 1. The number of nitrogens with zero attached hydrogens (tertiary/aromatic N) is 1. The van der Waals surface area contributed by atoms with Gasteiger partial charge in [0.15, 0.2) is 11.5 Å². The van der Waals surface area contributed by atoms with Crippen LogP contribution < -0.4 is 14.8 Å². The highest BCUT2D eigenvalue weighted by atomic mass is 16.5. The van der Waals surface area contributed by atoms with E-state index in [1.165, 1.54) is 19.3 Å². The van der Waals surface area contributed by atoms with Crippen molar-refractivity contribution in [1.82, 2.24) is 10.2 Å². The summed E-state index contributed by atoms with van der Waals surface area (Å²) in [6, 6.07) is 4.30. The highest BCUT2D eigenvalue weighted by Crippen LogP contribution is 2.30. The number of aryl methyl sites for hydroxylation is 1. The first kappa shape index (κ1) is 19.6. The molecule has 1 N–H and O–H groups in total. The van der Waals surface area contributed by atoms with Crippen LogP contribution in [0.3, 0.4) is 0 Å². The minimum absolute atomic E-state index is 0.111. The molecule has 1 fully saturated rings. The van der Waals surface area contributed by atoms with Crippen LogP contribution in [0.5, 0.6) is 11.5 Å². The first-order valence-electron chi connectivity index (χ1n) is 9.14. The SMILES string of the molecule is COc1cc(C)c(CN(C)CC(=O)N[C@@H]2CCCC[C@@H]2C)cc1OC. The second kappa shape index (κ2) is 9.09. The molecule has 5 nitrogen and oxygen atoms in total. The van der Waals surface area contributed by atoms with Crippen molar-refractivity contribution < 1.29 is 14.3 Å². The number of methoxy groups -OCH3 is 2. The Hall–Kier alpha value is -1.75. The van der Waals surface area contributed by atoms with Crippen LogP contribution in [0.4, 0.5) is 0 Å². The Morgan fingerprint density at radius 1 is 1.20 bits per heavy atom. The van der Waals surface area contributed by atoms with Gasteiger partial charge >= 0.3 is 0 Å². The van der Waals surface area contributed by atoms with Crippen LogP contribution in [0.1, 0.15) is 43.7 Å². The predicted octanol–water partition coefficient (Wildman–Crippen LogP) is 3.14. The van der Waals surface area contributed by atoms with E-state index in [0.717, 1.165) is 29.0 Å². The van der Waals surface area contributed by atoms with Gasteiger partial charge in [0.2, 0.25) is 5.91 Å². The van der Waals surface area contributed by atoms with E-state index < -0.39 is 0 Å². The molecule has 0 aromatic heterocycles. The molecule has 0 aliphatic heterocycles. The number of hydrogen-bond donors (Lipinski definition) is 1. The number of carbonyl (C=O) groups is 1. The fourth-order valence-electron chi connectivity index (χ4n) is 3.57. The summed E-state index contributed by atoms with van der Waals surface area (Å²) in [7, 11) is 5.25. The average Bonchev–Trinajstić information content (AvgIpc) is 2.58. The summed E-state index contributed by atoms with van der Waals surface area (Å²) in [5, 5.41) is 3.22. The molecule has 1 amide bonds. The molecule has 0 radical (unpaired) electrons. The lowest BCUT2D eigenvalue weighted by molar-refractivity contribution is -0.123. The van der Waals surface area contributed by atoms with Gasteiger partial charge in [-0.3, -0.25) is 9.69 Å². The third-order valence-electron chi connectivity index (χ3n) is 5.15. The van der Waals surface area contributed by atoms with E-state index >= 15 is 0 Å². The lowest BCUT2D eigenvalue weighted by Gasteiger charge is -2.30. The van der Waals surface area contributed by atoms with E-state index in [-0.39, 0.29) is 5.91 Å². The van der Waals surface area contributed by atoms with E-state index in [2.05, 4.69) is 19.2 Å². The van der Waals surface area contributed by atoms with Gasteiger partial charge in [-0.2, -0.15) is 0 Å². The lowest BCUT2D eigenvalue weighted by atomic mass is 9.86. The summed E-state index contributed by atoms with van der Waals surface area (Å²) in [5.74, 6) is 2.14. The summed E-state index contributed by atoms with van der Waals surface area (Å²) in [6.07, 6.45) is 4.82. The number of likely N-dealkylation sites (N-methyl/N-ethyl adjacent to an activating group) is 1. The lowest BCUT2D eigenvalue weighted by Crippen LogP contribution is -2.44. The van der Waals surface area contributed by atoms with E-state index in [4.69, 9.17) is 9.47 Å². The Bertz CT molecular complexity index is 589. The summed E-state index contributed by atoms with van der Waals surface area (Å²) < 4.78 is 10.7. The van der Waals surface area contributed by atoms with E-state index in [0.29, 0.717) is 25.0 Å². The minimum Gasteiger partial charge on any atom is -0.493 e. The molecule has 1 saturated carbocycles. The molecule has 1 aliphatic carbocycles. The van der Waals surface area contributed by atoms with Crippen molar-refractivity contribution in [3.63, 3.8) is 0 Å². The van der Waals surface area contributed by atoms with Crippen LogP contribution in [0.25, 0.3) is 0 Å². The third kappa shape index (κ3) is 5.36. The summed E-state index contributed by atoms with van der Waals surface area (Å²) in [6.45, 7) is 5.38. The fraction of sp³-hybridized carbons (Fsp3) is 0.650. The zero-order valence-electron chi connectivity index (χ0n) is 16.2. The number of amides is 1. The molecule has 1 aliphatic rings. The molecule has 1 aromatic rings. The van der Waals surface area contributed by atoms with Gasteiger partial charge < -0.3 is 14.8 Å². The first-order chi connectivity index (χ1) is 11.9. The Labute approximate surface area is 151 Å². The molecular formula is C20H32N2O3. The smallest absolute Gasteiger partial charge is 0.234 e. The Kier molecular flexibility index (Phi) is 7.12. The highest BCUT2D eigenvalue weighted by molar-refractivity contribution is 5.78. The number of hydrogen-bond acceptors (Lipinski definition) is 4. The summed E-state index contributed by atoms with van der Waals surface area (Å²) in [4.78, 5) is 14.4. The van der Waals surface area contributed by atoms with Crippen LogP contribution in [-0.4, -0.2) is 44.7 Å². The van der Waals surface area contributed by atoms with Gasteiger partial charge in [-0.25, -0.2) is 0 Å². The van der Waals surface area contributed by atoms with Crippen LogP contribution in [0, 0.1) is 12.8 Å². The maximum Gasteiger partial charge on any atom is 0.234 e. The molecule has 0 spiro atoms. The van der Waals surface area contributed by atoms with Crippen molar-refractivity contribution in [2.24, 2.45) is 5.92 Å². The number of rotatable bonds is 7. The topological polar surface area (TPSA) is 50.8 Å². The molecular weight excluding hydrogens is 316 g/mol. The first-order valence-corrected chi connectivity index (χ1v) is 9.14. The van der Waals surface area contributed by atoms with Crippen molar-refractivity contribution in [2.45, 2.75) is 52.1 Å². The van der Waals surface area contributed by atoms with E-state index in [1.54, 1.807) is 14.2 Å². The summed E-state index contributed by atoms with van der Waals surface area (Å²) >= 11 is 0. The summed E-state index contributed by atoms with van der Waals surface area (Å²) in [5.41, 5.74) is 2.27. The van der Waals surface area contributed by atoms with Crippen LogP contribution >= 0.6 is 0 Å². The van der Waals surface area contributed by atoms with Crippen molar-refractivity contribution in [3.05, 3.63) is 23.3 Å². The normalized spacial score (nSPS) is 20.4. The maximum absolute atomic E-state index is 12.4. The Balaban J connectivity index is 1.93. The van der Waals surface area contributed by atoms with E-state index in [9.17, 15) is 4.79 Å². The number of benzene rings is 1. The minimum atomic E-state index is 0.111. The van der Waals surface area contributed by atoms with Gasteiger partial charge in [0.25, 0.3) is 0 Å².